The van der Waals surface area contributed by atoms with Gasteiger partial charge >= 0.3 is 0 Å². The number of rotatable bonds is 2. The molecule has 2 spiro atoms. The van der Waals surface area contributed by atoms with Gasteiger partial charge in [-0.25, -0.2) is 0 Å². The van der Waals surface area contributed by atoms with E-state index in [1.54, 1.807) is 0 Å². The van der Waals surface area contributed by atoms with Gasteiger partial charge in [-0.2, -0.15) is 10.2 Å². The minimum atomic E-state index is -1.03. The highest BCUT2D eigenvalue weighted by Crippen LogP contribution is 2.72. The Hall–Kier alpha value is -2.70. The lowest BCUT2D eigenvalue weighted by Crippen LogP contribution is -2.66. The van der Waals surface area contributed by atoms with E-state index < -0.39 is 28.8 Å². The van der Waals surface area contributed by atoms with Crippen LogP contribution in [0.15, 0.2) is 40.3 Å². The number of ether oxygens (including phenoxy) is 1. The molecule has 3 heterocycles. The normalized spacial score (nSPS) is 44.1. The molecule has 5 aliphatic rings. The van der Waals surface area contributed by atoms with Gasteiger partial charge in [0.2, 0.25) is 0 Å². The van der Waals surface area contributed by atoms with Gasteiger partial charge in [-0.3, -0.25) is 0 Å². The molecule has 1 aromatic heterocycles. The second-order valence-electron chi connectivity index (χ2n) is 12.4. The third-order valence-corrected chi connectivity index (χ3v) is 10.7. The van der Waals surface area contributed by atoms with Gasteiger partial charge in [0.25, 0.3) is 6.01 Å². The second-order valence-corrected chi connectivity index (χ2v) is 12.4. The van der Waals surface area contributed by atoms with Crippen LogP contribution in [0.3, 0.4) is 0 Å². The molecule has 2 aliphatic heterocycles. The van der Waals surface area contributed by atoms with Crippen LogP contribution < -0.4 is 5.73 Å². The molecule has 37 heavy (non-hydrogen) atoms. The first kappa shape index (κ1) is 23.4. The van der Waals surface area contributed by atoms with Crippen LogP contribution in [-0.2, 0) is 4.74 Å². The van der Waals surface area contributed by atoms with E-state index in [9.17, 15) is 15.5 Å². The van der Waals surface area contributed by atoms with Gasteiger partial charge in [0, 0.05) is 12.0 Å². The minimum Gasteiger partial charge on any atom is -0.424 e. The first-order chi connectivity index (χ1) is 17.6. The first-order valence-corrected chi connectivity index (χ1v) is 13.3. The Labute approximate surface area is 216 Å². The van der Waals surface area contributed by atoms with E-state index in [4.69, 9.17) is 14.9 Å². The number of oxazole rings is 1. The lowest BCUT2D eigenvalue weighted by atomic mass is 9.49. The number of anilines is 1. The SMILES string of the molecule is CN(C)[C@H]1C[C@@]23CC[C@]4(O2)C2CC=C(c5ccc6nc(N)oc6c5)[C@@]2(C)CCC4(C#N)C=C3[C@@H](O)[C@@H]1O. The predicted octanol–water partition coefficient (Wildman–Crippen LogP) is 3.41. The Balaban J connectivity index is 1.32. The number of aromatic nitrogens is 1. The molecule has 0 amide bonds. The monoisotopic (exact) mass is 502 g/mol. The summed E-state index contributed by atoms with van der Waals surface area (Å²) in [5, 5.41) is 32.9. The largest absolute Gasteiger partial charge is 0.424 e. The number of hydrogen-bond acceptors (Lipinski definition) is 8. The molecule has 0 radical (unpaired) electrons. The maximum atomic E-state index is 11.3. The molecule has 8 nitrogen and oxygen atoms in total. The molecule has 3 fully saturated rings. The van der Waals surface area contributed by atoms with Crippen LogP contribution in [0.5, 0.6) is 0 Å². The number of nitrogen functional groups attached to an aromatic ring is 1. The summed E-state index contributed by atoms with van der Waals surface area (Å²) in [6.07, 6.45) is 6.84. The number of allylic oxidation sites excluding steroid dienone is 2. The van der Waals surface area contributed by atoms with Crippen LogP contribution in [-0.4, -0.2) is 63.6 Å². The topological polar surface area (TPSA) is 129 Å². The van der Waals surface area contributed by atoms with Crippen molar-refractivity contribution in [2.24, 2.45) is 16.7 Å². The van der Waals surface area contributed by atoms with Crippen molar-refractivity contribution in [2.75, 3.05) is 19.8 Å². The van der Waals surface area contributed by atoms with Gasteiger partial charge in [0.1, 0.15) is 17.0 Å². The number of fused-ring (bicyclic) bond motifs is 2. The summed E-state index contributed by atoms with van der Waals surface area (Å²) in [7, 11) is 3.87. The minimum absolute atomic E-state index is 0.123. The van der Waals surface area contributed by atoms with E-state index in [2.05, 4.69) is 30.1 Å². The Morgan fingerprint density at radius 2 is 2.00 bits per heavy atom. The van der Waals surface area contributed by atoms with Gasteiger partial charge in [-0.05, 0) is 86.9 Å². The van der Waals surface area contributed by atoms with E-state index >= 15 is 0 Å². The number of aliphatic hydroxyl groups excluding tert-OH is 2. The Morgan fingerprint density at radius 1 is 1.19 bits per heavy atom. The van der Waals surface area contributed by atoms with Crippen molar-refractivity contribution in [3.8, 4) is 6.07 Å². The van der Waals surface area contributed by atoms with Crippen molar-refractivity contribution in [3.05, 3.63) is 41.5 Å². The number of nitriles is 1. The zero-order chi connectivity index (χ0) is 26.0. The Morgan fingerprint density at radius 3 is 2.76 bits per heavy atom. The highest BCUT2D eigenvalue weighted by molar-refractivity contribution is 5.82. The summed E-state index contributed by atoms with van der Waals surface area (Å²) in [6.45, 7) is 2.32. The second kappa shape index (κ2) is 7.23. The number of aliphatic hydroxyl groups is 2. The van der Waals surface area contributed by atoms with Gasteiger partial charge in [-0.15, -0.1) is 0 Å². The van der Waals surface area contributed by atoms with Crippen LogP contribution >= 0.6 is 0 Å². The van der Waals surface area contributed by atoms with Crippen LogP contribution in [0.2, 0.25) is 0 Å². The quantitative estimate of drug-likeness (QED) is 0.533. The lowest BCUT2D eigenvalue weighted by molar-refractivity contribution is -0.223. The number of hydrogen-bond donors (Lipinski definition) is 3. The van der Waals surface area contributed by atoms with Gasteiger partial charge in [-0.1, -0.05) is 25.1 Å². The number of nitrogens with two attached hydrogens (primary N) is 1. The van der Waals surface area contributed by atoms with Crippen molar-refractivity contribution in [1.82, 2.24) is 9.88 Å². The third-order valence-electron chi connectivity index (χ3n) is 10.7. The van der Waals surface area contributed by atoms with E-state index in [0.29, 0.717) is 18.4 Å². The fraction of sp³-hybridized carbons (Fsp3) is 0.586. The van der Waals surface area contributed by atoms with Gasteiger partial charge in [0.15, 0.2) is 5.58 Å². The summed E-state index contributed by atoms with van der Waals surface area (Å²) < 4.78 is 12.9. The standard InChI is InChI=1S/C29H34N4O4/c1-26-8-9-27(15-30)13-18-23(34)24(35)20(33(2)3)14-28(18)10-11-29(27,37-28)22(26)7-5-17(26)16-4-6-19-21(12-16)36-25(31)32-19/h4-6,12-13,20,22-24,34-35H,7-11,14H2,1-3H3,(H2,31,32)/t20-,22?,23+,24+,26+,27?,28+,29-/m0/s1. The molecule has 2 bridgehead atoms. The average Bonchev–Trinajstić information content (AvgIpc) is 3.52. The summed E-state index contributed by atoms with van der Waals surface area (Å²) >= 11 is 0. The molecule has 2 aromatic rings. The average molecular weight is 503 g/mol. The van der Waals surface area contributed by atoms with Crippen molar-refractivity contribution in [1.29, 1.82) is 5.26 Å². The molecule has 194 valence electrons. The number of likely N-dealkylation sites (N-methyl/N-ethyl adjacent to an activating group) is 1. The Kier molecular flexibility index (Phi) is 4.58. The highest BCUT2D eigenvalue weighted by Gasteiger charge is 2.74. The van der Waals surface area contributed by atoms with Crippen molar-refractivity contribution in [2.45, 2.75) is 74.9 Å². The summed E-state index contributed by atoms with van der Waals surface area (Å²) in [4.78, 5) is 6.22. The number of benzene rings is 1. The molecule has 7 rings (SSSR count). The lowest BCUT2D eigenvalue weighted by Gasteiger charge is -2.61. The van der Waals surface area contributed by atoms with E-state index in [1.165, 1.54) is 5.57 Å². The summed E-state index contributed by atoms with van der Waals surface area (Å²) in [5.41, 5.74) is 7.99. The first-order valence-electron chi connectivity index (χ1n) is 13.3. The van der Waals surface area contributed by atoms with Crippen molar-refractivity contribution in [3.63, 3.8) is 0 Å². The van der Waals surface area contributed by atoms with Gasteiger partial charge < -0.3 is 30.0 Å². The highest BCUT2D eigenvalue weighted by atomic mass is 16.5. The molecule has 2 unspecified atom stereocenters. The molecule has 8 heteroatoms. The zero-order valence-electron chi connectivity index (χ0n) is 21.6. The smallest absolute Gasteiger partial charge is 0.292 e. The van der Waals surface area contributed by atoms with Crippen molar-refractivity contribution < 1.29 is 19.4 Å². The van der Waals surface area contributed by atoms with E-state index in [0.717, 1.165) is 42.3 Å². The van der Waals surface area contributed by atoms with Crippen LogP contribution in [0.25, 0.3) is 16.7 Å². The van der Waals surface area contributed by atoms with Crippen molar-refractivity contribution >= 4 is 22.7 Å². The van der Waals surface area contributed by atoms with Crippen LogP contribution in [0.4, 0.5) is 6.01 Å². The molecule has 1 aromatic carbocycles. The fourth-order valence-corrected chi connectivity index (χ4v) is 8.80. The van der Waals surface area contributed by atoms with Gasteiger partial charge in [0.05, 0.1) is 23.4 Å². The maximum Gasteiger partial charge on any atom is 0.292 e. The Bertz CT molecular complexity index is 1420. The molecule has 8 atom stereocenters. The molecular weight excluding hydrogens is 468 g/mol. The summed E-state index contributed by atoms with van der Waals surface area (Å²) in [6, 6.07) is 8.70. The van der Waals surface area contributed by atoms with E-state index in [1.807, 2.05) is 37.2 Å². The molecule has 3 aliphatic carbocycles. The molecule has 2 saturated carbocycles. The van der Waals surface area contributed by atoms with E-state index in [-0.39, 0.29) is 23.4 Å². The number of nitrogens with zero attached hydrogens (tertiary/aromatic N) is 3. The molecular formula is C29H34N4O4. The van der Waals surface area contributed by atoms with Crippen LogP contribution in [0.1, 0.15) is 51.0 Å². The fourth-order valence-electron chi connectivity index (χ4n) is 8.80. The third kappa shape index (κ3) is 2.73. The molecule has 1 saturated heterocycles. The predicted molar refractivity (Wildman–Crippen MR) is 138 cm³/mol. The zero-order valence-corrected chi connectivity index (χ0v) is 21.6. The maximum absolute atomic E-state index is 11.3. The molecule has 4 N–H and O–H groups in total. The van der Waals surface area contributed by atoms with Crippen LogP contribution in [0, 0.1) is 28.1 Å². The summed E-state index contributed by atoms with van der Waals surface area (Å²) in [5.74, 6) is 0.123.